The quantitative estimate of drug-likeness (QED) is 0.710. The Morgan fingerprint density at radius 1 is 1.15 bits per heavy atom. The van der Waals surface area contributed by atoms with Crippen molar-refractivity contribution in [2.24, 2.45) is 0 Å². The number of carbonyl (C=O) groups is 2. The van der Waals surface area contributed by atoms with Crippen molar-refractivity contribution in [3.63, 3.8) is 0 Å². The predicted molar refractivity (Wildman–Crippen MR) is 96.3 cm³/mol. The van der Waals surface area contributed by atoms with Crippen LogP contribution in [0.3, 0.4) is 0 Å². The third-order valence-electron chi connectivity index (χ3n) is 3.64. The highest BCUT2D eigenvalue weighted by Gasteiger charge is 2.28. The number of nitrogens with zero attached hydrogens (tertiary/aromatic N) is 2. The summed E-state index contributed by atoms with van der Waals surface area (Å²) in [5.74, 6) is -1.43. The molecule has 0 unspecified atom stereocenters. The molecule has 0 aliphatic rings. The van der Waals surface area contributed by atoms with Gasteiger partial charge in [0.05, 0.1) is 6.04 Å². The van der Waals surface area contributed by atoms with E-state index in [0.717, 1.165) is 0 Å². The smallest absolute Gasteiger partial charge is 0.341 e. The van der Waals surface area contributed by atoms with E-state index in [2.05, 4.69) is 15.5 Å². The second kappa shape index (κ2) is 8.26. The van der Waals surface area contributed by atoms with Gasteiger partial charge in [0.25, 0.3) is 5.91 Å². The third kappa shape index (κ3) is 3.89. The van der Waals surface area contributed by atoms with Crippen molar-refractivity contribution < 1.29 is 19.2 Å². The largest absolute Gasteiger partial charge is 0.477 e. The molecule has 26 heavy (non-hydrogen) atoms. The standard InChI is InChI=1S/C18H15N3O4.ClH/c1-11(20-17(22)12-6-3-2-4-7-12)16-14(18(23)24)15(21-25-16)13-8-5-9-19-10-13;/h2-11H,1H3,(H,20,22)(H,23,24);1H/t11-;/m1./s1. The van der Waals surface area contributed by atoms with Gasteiger partial charge in [-0.05, 0) is 31.2 Å². The normalized spacial score (nSPS) is 11.3. The van der Waals surface area contributed by atoms with Crippen molar-refractivity contribution in [2.45, 2.75) is 13.0 Å². The van der Waals surface area contributed by atoms with E-state index >= 15 is 0 Å². The summed E-state index contributed by atoms with van der Waals surface area (Å²) >= 11 is 0. The first-order chi connectivity index (χ1) is 12.1. The number of rotatable bonds is 5. The number of pyridine rings is 1. The molecule has 0 radical (unpaired) electrons. The van der Waals surface area contributed by atoms with Gasteiger partial charge < -0.3 is 14.9 Å². The number of aromatic carboxylic acids is 1. The highest BCUT2D eigenvalue weighted by molar-refractivity contribution is 5.97. The number of hydrogen-bond donors (Lipinski definition) is 2. The maximum absolute atomic E-state index is 12.3. The number of carbonyl (C=O) groups excluding carboxylic acids is 1. The van der Waals surface area contributed by atoms with Gasteiger partial charge >= 0.3 is 5.97 Å². The van der Waals surface area contributed by atoms with Gasteiger partial charge in [0.1, 0.15) is 11.3 Å². The van der Waals surface area contributed by atoms with Gasteiger partial charge in [-0.25, -0.2) is 4.79 Å². The highest BCUT2D eigenvalue weighted by atomic mass is 35.5. The van der Waals surface area contributed by atoms with Gasteiger partial charge in [0, 0.05) is 23.5 Å². The third-order valence-corrected chi connectivity index (χ3v) is 3.64. The van der Waals surface area contributed by atoms with Crippen molar-refractivity contribution in [3.8, 4) is 11.3 Å². The second-order valence-electron chi connectivity index (χ2n) is 5.38. The van der Waals surface area contributed by atoms with Crippen molar-refractivity contribution in [3.05, 3.63) is 71.7 Å². The summed E-state index contributed by atoms with van der Waals surface area (Å²) in [6.45, 7) is 1.64. The van der Waals surface area contributed by atoms with Gasteiger partial charge in [-0.3, -0.25) is 9.78 Å². The molecule has 2 N–H and O–H groups in total. The van der Waals surface area contributed by atoms with Crippen LogP contribution in [0.25, 0.3) is 11.3 Å². The lowest BCUT2D eigenvalue weighted by atomic mass is 10.0. The highest BCUT2D eigenvalue weighted by Crippen LogP contribution is 2.28. The van der Waals surface area contributed by atoms with E-state index in [-0.39, 0.29) is 35.3 Å². The summed E-state index contributed by atoms with van der Waals surface area (Å²) in [7, 11) is 0. The summed E-state index contributed by atoms with van der Waals surface area (Å²) < 4.78 is 5.24. The molecule has 0 spiro atoms. The fraction of sp³-hybridized carbons (Fsp3) is 0.111. The number of carboxylic acid groups (broad SMARTS) is 1. The summed E-state index contributed by atoms with van der Waals surface area (Å²) in [4.78, 5) is 27.9. The average molecular weight is 374 g/mol. The van der Waals surface area contributed by atoms with Crippen molar-refractivity contribution in [1.82, 2.24) is 15.5 Å². The Balaban J connectivity index is 0.00000243. The summed E-state index contributed by atoms with van der Waals surface area (Å²) in [5, 5.41) is 16.1. The van der Waals surface area contributed by atoms with Crippen molar-refractivity contribution in [2.75, 3.05) is 0 Å². The molecule has 1 amide bonds. The van der Waals surface area contributed by atoms with Gasteiger partial charge in [-0.1, -0.05) is 23.4 Å². The Bertz CT molecular complexity index is 897. The van der Waals surface area contributed by atoms with Crippen LogP contribution in [0.5, 0.6) is 0 Å². The van der Waals surface area contributed by atoms with Crippen LogP contribution in [0.15, 0.2) is 59.4 Å². The predicted octanol–water partition coefficient (Wildman–Crippen LogP) is 3.35. The molecular formula is C18H16ClN3O4. The van der Waals surface area contributed by atoms with Crippen molar-refractivity contribution in [1.29, 1.82) is 0 Å². The Kier molecular flexibility index (Phi) is 6.08. The van der Waals surface area contributed by atoms with Crippen LogP contribution >= 0.6 is 12.4 Å². The zero-order chi connectivity index (χ0) is 17.8. The Labute approximate surface area is 155 Å². The Morgan fingerprint density at radius 3 is 2.50 bits per heavy atom. The molecule has 0 fully saturated rings. The molecule has 0 saturated carbocycles. The van der Waals surface area contributed by atoms with Crippen LogP contribution in [-0.2, 0) is 0 Å². The molecule has 0 bridgehead atoms. The first-order valence-corrected chi connectivity index (χ1v) is 7.57. The van der Waals surface area contributed by atoms with Crippen LogP contribution in [0.2, 0.25) is 0 Å². The average Bonchev–Trinajstić information content (AvgIpc) is 3.08. The molecule has 3 aromatic rings. The molecular weight excluding hydrogens is 358 g/mol. The van der Waals surface area contributed by atoms with E-state index in [9.17, 15) is 14.7 Å². The second-order valence-corrected chi connectivity index (χ2v) is 5.38. The molecule has 8 heteroatoms. The minimum absolute atomic E-state index is 0. The van der Waals surface area contributed by atoms with E-state index in [0.29, 0.717) is 11.1 Å². The number of hydrogen-bond acceptors (Lipinski definition) is 5. The molecule has 2 aromatic heterocycles. The summed E-state index contributed by atoms with van der Waals surface area (Å²) in [6, 6.07) is 11.3. The zero-order valence-electron chi connectivity index (χ0n) is 13.7. The number of aromatic nitrogens is 2. The van der Waals surface area contributed by atoms with E-state index < -0.39 is 12.0 Å². The van der Waals surface area contributed by atoms with Crippen LogP contribution in [0, 0.1) is 0 Å². The number of nitrogens with one attached hydrogen (secondary N) is 1. The van der Waals surface area contributed by atoms with Crippen LogP contribution in [0.1, 0.15) is 39.4 Å². The SMILES string of the molecule is C[C@@H](NC(=O)c1ccccc1)c1onc(-c2cccnc2)c1C(=O)O.Cl. The van der Waals surface area contributed by atoms with Gasteiger partial charge in [0.2, 0.25) is 0 Å². The number of carboxylic acids is 1. The van der Waals surface area contributed by atoms with Crippen LogP contribution in [-0.4, -0.2) is 27.1 Å². The molecule has 1 atom stereocenters. The molecule has 134 valence electrons. The van der Waals surface area contributed by atoms with Gasteiger partial charge in [0.15, 0.2) is 5.76 Å². The maximum atomic E-state index is 12.3. The van der Waals surface area contributed by atoms with E-state index in [4.69, 9.17) is 4.52 Å². The lowest BCUT2D eigenvalue weighted by molar-refractivity contribution is 0.0692. The molecule has 1 aromatic carbocycles. The van der Waals surface area contributed by atoms with Crippen LogP contribution < -0.4 is 5.32 Å². The lowest BCUT2D eigenvalue weighted by Crippen LogP contribution is -2.27. The topological polar surface area (TPSA) is 105 Å². The lowest BCUT2D eigenvalue weighted by Gasteiger charge is -2.11. The monoisotopic (exact) mass is 373 g/mol. The van der Waals surface area contributed by atoms with E-state index in [1.54, 1.807) is 55.6 Å². The molecule has 7 nitrogen and oxygen atoms in total. The number of halogens is 1. The molecule has 0 saturated heterocycles. The first kappa shape index (κ1) is 19.1. The number of amides is 1. The Morgan fingerprint density at radius 2 is 1.88 bits per heavy atom. The minimum Gasteiger partial charge on any atom is -0.477 e. The maximum Gasteiger partial charge on any atom is 0.341 e. The van der Waals surface area contributed by atoms with E-state index in [1.807, 2.05) is 0 Å². The Hall–Kier alpha value is -3.19. The molecule has 2 heterocycles. The number of benzene rings is 1. The van der Waals surface area contributed by atoms with Crippen LogP contribution in [0.4, 0.5) is 0 Å². The van der Waals surface area contributed by atoms with E-state index in [1.165, 1.54) is 6.20 Å². The summed E-state index contributed by atoms with van der Waals surface area (Å²) in [5.41, 5.74) is 1.08. The first-order valence-electron chi connectivity index (χ1n) is 7.57. The fourth-order valence-corrected chi connectivity index (χ4v) is 2.44. The van der Waals surface area contributed by atoms with Gasteiger partial charge in [-0.15, -0.1) is 12.4 Å². The molecule has 0 aliphatic heterocycles. The minimum atomic E-state index is -1.18. The molecule has 3 rings (SSSR count). The zero-order valence-corrected chi connectivity index (χ0v) is 14.6. The van der Waals surface area contributed by atoms with Gasteiger partial charge in [-0.2, -0.15) is 0 Å². The molecule has 0 aliphatic carbocycles. The van der Waals surface area contributed by atoms with Crippen molar-refractivity contribution >= 4 is 24.3 Å². The summed E-state index contributed by atoms with van der Waals surface area (Å²) in [6.07, 6.45) is 3.08. The fourth-order valence-electron chi connectivity index (χ4n) is 2.44.